The van der Waals surface area contributed by atoms with Crippen LogP contribution >= 0.6 is 23.5 Å². The van der Waals surface area contributed by atoms with Gasteiger partial charge < -0.3 is 9.80 Å². The second-order valence-corrected chi connectivity index (χ2v) is 7.83. The molecule has 1 aromatic heterocycles. The highest BCUT2D eigenvalue weighted by Crippen LogP contribution is 2.24. The summed E-state index contributed by atoms with van der Waals surface area (Å²) in [5, 5.41) is 0. The van der Waals surface area contributed by atoms with Gasteiger partial charge in [0, 0.05) is 49.5 Å². The van der Waals surface area contributed by atoms with E-state index in [-0.39, 0.29) is 0 Å². The quantitative estimate of drug-likeness (QED) is 0.833. The van der Waals surface area contributed by atoms with Gasteiger partial charge in [0.15, 0.2) is 0 Å². The lowest BCUT2D eigenvalue weighted by Gasteiger charge is -2.29. The molecular weight excluding hydrogens is 288 g/mol. The van der Waals surface area contributed by atoms with Gasteiger partial charge in [-0.15, -0.1) is 0 Å². The highest BCUT2D eigenvalue weighted by atomic mass is 32.2. The first-order valence-electron chi connectivity index (χ1n) is 7.30. The minimum absolute atomic E-state index is 0.729. The van der Waals surface area contributed by atoms with Gasteiger partial charge >= 0.3 is 0 Å². The Morgan fingerprint density at radius 2 is 1.65 bits per heavy atom. The van der Waals surface area contributed by atoms with E-state index >= 15 is 0 Å². The van der Waals surface area contributed by atoms with Crippen molar-refractivity contribution in [3.8, 4) is 0 Å². The predicted octanol–water partition coefficient (Wildman–Crippen LogP) is 2.22. The van der Waals surface area contributed by atoms with Crippen molar-refractivity contribution < 1.29 is 0 Å². The number of nitrogens with zero attached hydrogens (tertiary/aromatic N) is 4. The van der Waals surface area contributed by atoms with Crippen LogP contribution < -0.4 is 9.80 Å². The highest BCUT2D eigenvalue weighted by Gasteiger charge is 2.18. The van der Waals surface area contributed by atoms with Gasteiger partial charge in [0.25, 0.3) is 0 Å². The van der Waals surface area contributed by atoms with E-state index in [2.05, 4.69) is 44.5 Å². The third-order valence-corrected chi connectivity index (χ3v) is 5.96. The van der Waals surface area contributed by atoms with Crippen LogP contribution in [-0.4, -0.2) is 59.2 Å². The topological polar surface area (TPSA) is 32.3 Å². The number of thioether (sulfide) groups is 2. The molecule has 0 saturated carbocycles. The Balaban J connectivity index is 1.75. The van der Waals surface area contributed by atoms with Gasteiger partial charge in [-0.1, -0.05) is 6.92 Å². The molecule has 2 aliphatic rings. The molecular formula is C14H22N4S2. The average molecular weight is 310 g/mol. The zero-order valence-electron chi connectivity index (χ0n) is 12.0. The number of hydrogen-bond donors (Lipinski definition) is 0. The Morgan fingerprint density at radius 3 is 2.45 bits per heavy atom. The minimum Gasteiger partial charge on any atom is -0.355 e. The normalized spacial score (nSPS) is 24.6. The van der Waals surface area contributed by atoms with Crippen LogP contribution in [0.3, 0.4) is 0 Å². The zero-order chi connectivity index (χ0) is 13.8. The molecule has 2 aliphatic heterocycles. The summed E-state index contributed by atoms with van der Waals surface area (Å²) in [5.41, 5.74) is 0. The molecule has 3 rings (SSSR count). The molecule has 0 radical (unpaired) electrons. The Bertz CT molecular complexity index is 437. The monoisotopic (exact) mass is 310 g/mol. The molecule has 0 aromatic carbocycles. The van der Waals surface area contributed by atoms with Crippen LogP contribution in [-0.2, 0) is 0 Å². The van der Waals surface area contributed by atoms with Crippen molar-refractivity contribution in [1.82, 2.24) is 9.97 Å². The number of aromatic nitrogens is 2. The Hall–Kier alpha value is -0.620. The van der Waals surface area contributed by atoms with Crippen molar-refractivity contribution in [2.24, 2.45) is 5.92 Å². The summed E-state index contributed by atoms with van der Waals surface area (Å²) in [6.45, 7) is 6.75. The molecule has 110 valence electrons. The molecule has 1 aromatic rings. The summed E-state index contributed by atoms with van der Waals surface area (Å²) in [7, 11) is 0. The molecule has 0 spiro atoms. The van der Waals surface area contributed by atoms with Gasteiger partial charge in [0.1, 0.15) is 18.0 Å². The smallest absolute Gasteiger partial charge is 0.134 e. The molecule has 0 N–H and O–H groups in total. The fraction of sp³-hybridized carbons (Fsp3) is 0.714. The third-order valence-electron chi connectivity index (χ3n) is 3.74. The second-order valence-electron chi connectivity index (χ2n) is 5.46. The maximum atomic E-state index is 4.51. The minimum atomic E-state index is 0.729. The van der Waals surface area contributed by atoms with Crippen molar-refractivity contribution >= 4 is 35.2 Å². The van der Waals surface area contributed by atoms with Gasteiger partial charge in [-0.25, -0.2) is 9.97 Å². The standard InChI is InChI=1S/C14H22N4S2/c1-12-9-18(4-7-20-10-12)14-8-13(15-11-16-14)17-2-5-19-6-3-17/h8,11-12H,2-7,9-10H2,1H3. The van der Waals surface area contributed by atoms with Crippen LogP contribution in [0, 0.1) is 5.92 Å². The van der Waals surface area contributed by atoms with Crippen molar-refractivity contribution in [1.29, 1.82) is 0 Å². The third kappa shape index (κ3) is 3.52. The van der Waals surface area contributed by atoms with Gasteiger partial charge in [-0.05, 0) is 11.7 Å². The van der Waals surface area contributed by atoms with E-state index in [1.165, 1.54) is 23.0 Å². The van der Waals surface area contributed by atoms with Crippen molar-refractivity contribution in [2.75, 3.05) is 59.0 Å². The lowest BCUT2D eigenvalue weighted by Crippen LogP contribution is -2.34. The average Bonchev–Trinajstić information content (AvgIpc) is 2.73. The Morgan fingerprint density at radius 1 is 1.00 bits per heavy atom. The number of rotatable bonds is 2. The lowest BCUT2D eigenvalue weighted by molar-refractivity contribution is 0.634. The van der Waals surface area contributed by atoms with Crippen LogP contribution in [0.15, 0.2) is 12.4 Å². The second kappa shape index (κ2) is 6.89. The first kappa shape index (κ1) is 14.3. The van der Waals surface area contributed by atoms with E-state index in [0.29, 0.717) is 0 Å². The maximum Gasteiger partial charge on any atom is 0.134 e. The van der Waals surface area contributed by atoms with E-state index in [9.17, 15) is 0 Å². The molecule has 3 heterocycles. The highest BCUT2D eigenvalue weighted by molar-refractivity contribution is 7.99. The van der Waals surface area contributed by atoms with Crippen molar-refractivity contribution in [2.45, 2.75) is 6.92 Å². The molecule has 1 unspecified atom stereocenters. The van der Waals surface area contributed by atoms with Crippen LogP contribution in [0.4, 0.5) is 11.6 Å². The molecule has 2 fully saturated rings. The summed E-state index contributed by atoms with van der Waals surface area (Å²) in [5.74, 6) is 7.80. The Kier molecular flexibility index (Phi) is 4.94. The summed E-state index contributed by atoms with van der Waals surface area (Å²) in [6.07, 6.45) is 1.73. The van der Waals surface area contributed by atoms with Crippen LogP contribution in [0.1, 0.15) is 6.92 Å². The molecule has 1 atom stereocenters. The van der Waals surface area contributed by atoms with Gasteiger partial charge in [-0.3, -0.25) is 0 Å². The van der Waals surface area contributed by atoms with Gasteiger partial charge in [-0.2, -0.15) is 23.5 Å². The van der Waals surface area contributed by atoms with Crippen LogP contribution in [0.2, 0.25) is 0 Å². The van der Waals surface area contributed by atoms with Crippen LogP contribution in [0.5, 0.6) is 0 Å². The summed E-state index contributed by atoms with van der Waals surface area (Å²) >= 11 is 4.09. The van der Waals surface area contributed by atoms with Crippen molar-refractivity contribution in [3.63, 3.8) is 0 Å². The molecule has 20 heavy (non-hydrogen) atoms. The van der Waals surface area contributed by atoms with E-state index in [1.54, 1.807) is 6.33 Å². The summed E-state index contributed by atoms with van der Waals surface area (Å²) < 4.78 is 0. The molecule has 4 nitrogen and oxygen atoms in total. The fourth-order valence-electron chi connectivity index (χ4n) is 2.66. The van der Waals surface area contributed by atoms with Crippen molar-refractivity contribution in [3.05, 3.63) is 12.4 Å². The van der Waals surface area contributed by atoms with E-state index in [1.807, 2.05) is 11.8 Å². The fourth-order valence-corrected chi connectivity index (χ4v) is 4.59. The van der Waals surface area contributed by atoms with Gasteiger partial charge in [0.05, 0.1) is 0 Å². The first-order chi connectivity index (χ1) is 9.83. The molecule has 0 amide bonds. The molecule has 6 heteroatoms. The SMILES string of the molecule is CC1CSCCN(c2cc(N3CCSCC3)ncn2)C1. The Labute approximate surface area is 129 Å². The zero-order valence-corrected chi connectivity index (χ0v) is 13.6. The largest absolute Gasteiger partial charge is 0.355 e. The van der Waals surface area contributed by atoms with Crippen LogP contribution in [0.25, 0.3) is 0 Å². The molecule has 0 bridgehead atoms. The molecule has 0 aliphatic carbocycles. The lowest BCUT2D eigenvalue weighted by atomic mass is 10.2. The maximum absolute atomic E-state index is 4.51. The van der Waals surface area contributed by atoms with E-state index in [0.717, 1.165) is 43.7 Å². The van der Waals surface area contributed by atoms with Gasteiger partial charge in [0.2, 0.25) is 0 Å². The van der Waals surface area contributed by atoms with E-state index in [4.69, 9.17) is 0 Å². The first-order valence-corrected chi connectivity index (χ1v) is 9.61. The predicted molar refractivity (Wildman–Crippen MR) is 90.3 cm³/mol. The number of anilines is 2. The molecule has 2 saturated heterocycles. The number of hydrogen-bond acceptors (Lipinski definition) is 6. The van der Waals surface area contributed by atoms with E-state index < -0.39 is 0 Å². The summed E-state index contributed by atoms with van der Waals surface area (Å²) in [6, 6.07) is 2.18. The summed E-state index contributed by atoms with van der Waals surface area (Å²) in [4.78, 5) is 13.8.